The third-order valence-corrected chi connectivity index (χ3v) is 5.01. The summed E-state index contributed by atoms with van der Waals surface area (Å²) < 4.78 is 1.92. The summed E-state index contributed by atoms with van der Waals surface area (Å²) in [5.41, 5.74) is 3.60. The molecule has 5 nitrogen and oxygen atoms in total. The molecule has 0 atom stereocenters. The highest BCUT2D eigenvalue weighted by atomic mass is 32.2. The van der Waals surface area contributed by atoms with Crippen LogP contribution < -0.4 is 0 Å². The van der Waals surface area contributed by atoms with E-state index in [1.807, 2.05) is 16.7 Å². The van der Waals surface area contributed by atoms with E-state index in [4.69, 9.17) is 0 Å². The van der Waals surface area contributed by atoms with Crippen molar-refractivity contribution in [3.8, 4) is 0 Å². The fraction of sp³-hybridized carbons (Fsp3) is 0.312. The maximum atomic E-state index is 12.8. The van der Waals surface area contributed by atoms with Gasteiger partial charge in [0.25, 0.3) is 0 Å². The van der Waals surface area contributed by atoms with E-state index < -0.39 is 0 Å². The maximum Gasteiger partial charge on any atom is 0.241 e. The minimum atomic E-state index is 0.112. The Balaban J connectivity index is 1.72. The number of aromatic nitrogens is 4. The Morgan fingerprint density at radius 1 is 1.27 bits per heavy atom. The van der Waals surface area contributed by atoms with Crippen molar-refractivity contribution in [2.75, 3.05) is 5.75 Å². The number of nitrogens with zero attached hydrogens (tertiary/aromatic N) is 3. The predicted octanol–water partition coefficient (Wildman–Crippen LogP) is 3.07. The van der Waals surface area contributed by atoms with Crippen molar-refractivity contribution in [3.63, 3.8) is 0 Å². The summed E-state index contributed by atoms with van der Waals surface area (Å²) in [7, 11) is 0. The number of nitrogens with one attached hydrogen (secondary N) is 1. The Hall–Kier alpha value is -2.08. The van der Waals surface area contributed by atoms with Gasteiger partial charge in [0, 0.05) is 11.1 Å². The minimum absolute atomic E-state index is 0.112. The van der Waals surface area contributed by atoms with Crippen molar-refractivity contribution < 1.29 is 4.79 Å². The third kappa shape index (κ3) is 2.23. The van der Waals surface area contributed by atoms with Gasteiger partial charge in [-0.25, -0.2) is 4.98 Å². The molecule has 1 N–H and O–H groups in total. The lowest BCUT2D eigenvalue weighted by Gasteiger charge is -2.14. The second kappa shape index (κ2) is 5.61. The Morgan fingerprint density at radius 2 is 2.14 bits per heavy atom. The van der Waals surface area contributed by atoms with Gasteiger partial charge in [-0.3, -0.25) is 14.5 Å². The quantitative estimate of drug-likeness (QED) is 0.755. The Bertz CT molecular complexity index is 822. The molecule has 0 saturated carbocycles. The molecule has 22 heavy (non-hydrogen) atoms. The van der Waals surface area contributed by atoms with Crippen LogP contribution in [0.1, 0.15) is 28.9 Å². The summed E-state index contributed by atoms with van der Waals surface area (Å²) in [4.78, 5) is 16.8. The number of thioether (sulfide) groups is 1. The van der Waals surface area contributed by atoms with E-state index in [2.05, 4.69) is 27.3 Å². The maximum absolute atomic E-state index is 12.8. The van der Waals surface area contributed by atoms with Crippen molar-refractivity contribution in [1.29, 1.82) is 0 Å². The smallest absolute Gasteiger partial charge is 0.241 e. The van der Waals surface area contributed by atoms with Gasteiger partial charge in [0.05, 0.1) is 11.3 Å². The van der Waals surface area contributed by atoms with Crippen molar-refractivity contribution in [3.05, 3.63) is 41.9 Å². The number of H-pyrrole nitrogens is 1. The number of para-hydroxylation sites is 1. The molecule has 2 aromatic heterocycles. The van der Waals surface area contributed by atoms with Crippen molar-refractivity contribution in [2.24, 2.45) is 0 Å². The number of fused-ring (bicyclic) bond motifs is 3. The molecule has 3 aromatic rings. The van der Waals surface area contributed by atoms with Crippen LogP contribution in [-0.2, 0) is 12.8 Å². The average Bonchev–Trinajstić information content (AvgIpc) is 3.18. The van der Waals surface area contributed by atoms with Crippen LogP contribution in [0.3, 0.4) is 0 Å². The summed E-state index contributed by atoms with van der Waals surface area (Å²) in [6.45, 7) is 0. The molecule has 0 fully saturated rings. The molecule has 0 bridgehead atoms. The van der Waals surface area contributed by atoms with Gasteiger partial charge in [0.1, 0.15) is 6.33 Å². The van der Waals surface area contributed by atoms with Crippen LogP contribution in [0.15, 0.2) is 35.7 Å². The molecule has 0 spiro atoms. The number of aromatic amines is 1. The lowest BCUT2D eigenvalue weighted by molar-refractivity contribution is 0.0943. The summed E-state index contributed by atoms with van der Waals surface area (Å²) in [5, 5.41) is 8.50. The first kappa shape index (κ1) is 13.6. The van der Waals surface area contributed by atoms with E-state index in [0.29, 0.717) is 10.9 Å². The first-order valence-electron chi connectivity index (χ1n) is 7.47. The first-order valence-corrected chi connectivity index (χ1v) is 8.45. The topological polar surface area (TPSA) is 63.6 Å². The van der Waals surface area contributed by atoms with Crippen LogP contribution in [0.4, 0.5) is 0 Å². The normalized spacial score (nSPS) is 14.2. The zero-order chi connectivity index (χ0) is 14.9. The molecule has 0 unspecified atom stereocenters. The molecule has 4 rings (SSSR count). The second-order valence-corrected chi connectivity index (χ2v) is 6.42. The van der Waals surface area contributed by atoms with Gasteiger partial charge >= 0.3 is 0 Å². The van der Waals surface area contributed by atoms with E-state index in [1.165, 1.54) is 41.2 Å². The van der Waals surface area contributed by atoms with Crippen LogP contribution in [0.5, 0.6) is 0 Å². The Kier molecular flexibility index (Phi) is 3.46. The third-order valence-electron chi connectivity index (χ3n) is 4.15. The second-order valence-electron chi connectivity index (χ2n) is 5.46. The number of aryl methyl sites for hydroxylation is 1. The number of carbonyl (C=O) groups is 1. The predicted molar refractivity (Wildman–Crippen MR) is 86.3 cm³/mol. The van der Waals surface area contributed by atoms with Crippen LogP contribution in [0, 0.1) is 0 Å². The molecular weight excluding hydrogens is 296 g/mol. The zero-order valence-corrected chi connectivity index (χ0v) is 12.9. The molecule has 1 aliphatic rings. The van der Waals surface area contributed by atoms with Crippen LogP contribution in [-0.4, -0.2) is 31.4 Å². The number of rotatable bonds is 3. The molecule has 0 radical (unpaired) electrons. The fourth-order valence-corrected chi connectivity index (χ4v) is 3.87. The molecule has 112 valence electrons. The summed E-state index contributed by atoms with van der Waals surface area (Å²) >= 11 is 1.39. The average molecular weight is 312 g/mol. The molecule has 6 heteroatoms. The van der Waals surface area contributed by atoms with E-state index in [1.54, 1.807) is 0 Å². The number of hydrogen-bond acceptors (Lipinski definition) is 4. The van der Waals surface area contributed by atoms with Gasteiger partial charge < -0.3 is 0 Å². The number of carbonyl (C=O) groups excluding carboxylic acids is 1. The first-order chi connectivity index (χ1) is 10.8. The van der Waals surface area contributed by atoms with Gasteiger partial charge in [-0.1, -0.05) is 30.0 Å². The standard InChI is InChI=1S/C16H16N4OS/c21-15(9-22-16-17-10-18-19-16)20-13-7-3-1-5-11(13)12-6-2-4-8-14(12)20/h1,3,5,7,10H,2,4,6,8-9H2,(H,17,18,19). The van der Waals surface area contributed by atoms with E-state index in [-0.39, 0.29) is 5.91 Å². The minimum Gasteiger partial charge on any atom is -0.283 e. The monoisotopic (exact) mass is 312 g/mol. The largest absolute Gasteiger partial charge is 0.283 e. The molecule has 0 amide bonds. The van der Waals surface area contributed by atoms with E-state index in [9.17, 15) is 4.79 Å². The Labute approximate surface area is 132 Å². The fourth-order valence-electron chi connectivity index (χ4n) is 3.24. The zero-order valence-electron chi connectivity index (χ0n) is 12.1. The summed E-state index contributed by atoms with van der Waals surface area (Å²) in [6.07, 6.45) is 5.89. The van der Waals surface area contributed by atoms with Gasteiger partial charge in [-0.2, -0.15) is 5.10 Å². The Morgan fingerprint density at radius 3 is 3.00 bits per heavy atom. The number of hydrogen-bond donors (Lipinski definition) is 1. The van der Waals surface area contributed by atoms with Crippen LogP contribution >= 0.6 is 11.8 Å². The van der Waals surface area contributed by atoms with Gasteiger partial charge in [-0.15, -0.1) is 0 Å². The van der Waals surface area contributed by atoms with E-state index in [0.717, 1.165) is 24.8 Å². The molecule has 1 aliphatic carbocycles. The van der Waals surface area contributed by atoms with Gasteiger partial charge in [-0.05, 0) is 37.3 Å². The van der Waals surface area contributed by atoms with Gasteiger partial charge in [0.2, 0.25) is 5.91 Å². The van der Waals surface area contributed by atoms with Gasteiger partial charge in [0.15, 0.2) is 5.16 Å². The summed E-state index contributed by atoms with van der Waals surface area (Å²) in [5.74, 6) is 0.473. The lowest BCUT2D eigenvalue weighted by atomic mass is 9.96. The summed E-state index contributed by atoms with van der Waals surface area (Å²) in [6, 6.07) is 8.23. The van der Waals surface area contributed by atoms with E-state index >= 15 is 0 Å². The molecule has 0 aliphatic heterocycles. The highest BCUT2D eigenvalue weighted by Gasteiger charge is 2.23. The molecular formula is C16H16N4OS. The van der Waals surface area contributed by atoms with Crippen LogP contribution in [0.25, 0.3) is 10.9 Å². The van der Waals surface area contributed by atoms with Crippen molar-refractivity contribution in [2.45, 2.75) is 30.8 Å². The molecule has 0 saturated heterocycles. The number of benzene rings is 1. The SMILES string of the molecule is O=C(CSc1ncn[nH]1)n1c2c(c3ccccc31)CCCC2. The highest BCUT2D eigenvalue weighted by molar-refractivity contribution is 7.99. The molecule has 1 aromatic carbocycles. The lowest BCUT2D eigenvalue weighted by Crippen LogP contribution is -2.18. The molecule has 2 heterocycles. The van der Waals surface area contributed by atoms with Crippen LogP contribution in [0.2, 0.25) is 0 Å². The van der Waals surface area contributed by atoms with Crippen molar-refractivity contribution in [1.82, 2.24) is 19.7 Å². The highest BCUT2D eigenvalue weighted by Crippen LogP contribution is 2.32. The van der Waals surface area contributed by atoms with Crippen molar-refractivity contribution >= 4 is 28.6 Å².